The van der Waals surface area contributed by atoms with E-state index in [1.54, 1.807) is 12.0 Å². The van der Waals surface area contributed by atoms with Crippen LogP contribution in [0, 0.1) is 35.0 Å². The van der Waals surface area contributed by atoms with Gasteiger partial charge in [-0.25, -0.2) is 0 Å². The Morgan fingerprint density at radius 1 is 1.07 bits per heavy atom. The number of benzene rings is 2. The minimum atomic E-state index is -0.910. The van der Waals surface area contributed by atoms with Crippen LogP contribution < -0.4 is 20.3 Å². The summed E-state index contributed by atoms with van der Waals surface area (Å²) in [6.45, 7) is 20.2. The molecule has 1 aliphatic heterocycles. The van der Waals surface area contributed by atoms with Gasteiger partial charge in [0.15, 0.2) is 0 Å². The number of aliphatic hydroxyl groups is 2. The van der Waals surface area contributed by atoms with Crippen molar-refractivity contribution in [2.75, 3.05) is 52.8 Å². The zero-order chi connectivity index (χ0) is 40.9. The van der Waals surface area contributed by atoms with Gasteiger partial charge in [-0.15, -0.1) is 0 Å². The van der Waals surface area contributed by atoms with Crippen molar-refractivity contribution < 1.29 is 29.4 Å². The number of rotatable bonds is 16. The smallest absolute Gasteiger partial charge is 0.251 e. The Bertz CT molecular complexity index is 1580. The number of ether oxygens (including phenoxy) is 1. The molecule has 11 heteroatoms. The van der Waals surface area contributed by atoms with Gasteiger partial charge in [-0.3, -0.25) is 14.4 Å². The fourth-order valence-corrected chi connectivity index (χ4v) is 8.74. The molecule has 9 atom stereocenters. The maximum Gasteiger partial charge on any atom is 0.251 e. The van der Waals surface area contributed by atoms with Crippen LogP contribution in [-0.4, -0.2) is 110 Å². The first kappa shape index (κ1) is 44.5. The number of hydrogen-bond acceptors (Lipinski definition) is 9. The quantitative estimate of drug-likeness (QED) is 0.167. The number of aliphatic hydroxyl groups excluding tert-OH is 2. The highest BCUT2D eigenvalue weighted by atomic mass is 16.7. The first-order valence-electron chi connectivity index (χ1n) is 20.4. The van der Waals surface area contributed by atoms with Gasteiger partial charge in [-0.05, 0) is 93.6 Å². The van der Waals surface area contributed by atoms with Crippen molar-refractivity contribution in [3.8, 4) is 16.9 Å². The molecule has 0 spiro atoms. The Balaban J connectivity index is 1.72. The van der Waals surface area contributed by atoms with Crippen LogP contribution in [0.15, 0.2) is 36.4 Å². The SMILES string of the molecule is CCOc1c(CN2O[C@@H](CO)[C@@H]([C@H](C)O)[C@H]2C(=O)N[C@H]2C[C@@H](C)C(C)(C)[C@@H](C)[C@@H]2C)cccc1-c1cc(C(=O)N[C@H](CC(C)C)CN(C)C)cc(N(C)C)c1. The molecule has 0 aromatic heterocycles. The summed E-state index contributed by atoms with van der Waals surface area (Å²) in [7, 11) is 7.94. The summed E-state index contributed by atoms with van der Waals surface area (Å²) >= 11 is 0. The maximum atomic E-state index is 14.4. The number of amides is 2. The summed E-state index contributed by atoms with van der Waals surface area (Å²) in [5.74, 6) is 1.09. The number of carbonyl (C=O) groups excluding carboxylic acids is 2. The predicted octanol–water partition coefficient (Wildman–Crippen LogP) is 5.82. The molecule has 308 valence electrons. The summed E-state index contributed by atoms with van der Waals surface area (Å²) in [5.41, 5.74) is 3.97. The highest BCUT2D eigenvalue weighted by Gasteiger charge is 2.51. The normalized spacial score (nSPS) is 26.5. The van der Waals surface area contributed by atoms with Crippen molar-refractivity contribution in [2.24, 2.45) is 35.0 Å². The molecule has 2 aliphatic rings. The lowest BCUT2D eigenvalue weighted by Gasteiger charge is -2.50. The molecule has 1 saturated heterocycles. The van der Waals surface area contributed by atoms with Gasteiger partial charge in [-0.2, -0.15) is 5.06 Å². The van der Waals surface area contributed by atoms with Crippen molar-refractivity contribution >= 4 is 17.5 Å². The molecule has 0 bridgehead atoms. The number of para-hydroxylation sites is 1. The van der Waals surface area contributed by atoms with Crippen LogP contribution in [0.1, 0.15) is 91.1 Å². The van der Waals surface area contributed by atoms with E-state index in [0.717, 1.165) is 41.8 Å². The fourth-order valence-electron chi connectivity index (χ4n) is 8.74. The summed E-state index contributed by atoms with van der Waals surface area (Å²) in [5, 5.41) is 29.7. The van der Waals surface area contributed by atoms with Gasteiger partial charge >= 0.3 is 0 Å². The van der Waals surface area contributed by atoms with E-state index in [9.17, 15) is 19.8 Å². The van der Waals surface area contributed by atoms with Crippen LogP contribution in [0.2, 0.25) is 0 Å². The monoisotopic (exact) mass is 766 g/mol. The van der Waals surface area contributed by atoms with Gasteiger partial charge in [0.05, 0.1) is 25.9 Å². The summed E-state index contributed by atoms with van der Waals surface area (Å²) < 4.78 is 6.39. The first-order valence-corrected chi connectivity index (χ1v) is 20.4. The standard InChI is InChI=1S/C44H71N5O6/c1-14-54-41-31(16-15-17-36(41)32-20-33(22-35(21-32)48(12)13)42(52)45-34(18-26(2)3)24-47(10)11)23-49-40(39(30(7)51)38(25-50)55-49)43(53)46-37-19-27(4)44(8,9)29(6)28(37)5/h15-17,20-22,26-30,34,37-40,50-51H,14,18-19,23-25H2,1-13H3,(H,45,52)(H,46,53)/t27-,28+,29+,30+,34-,37+,38+,39-,40+/m1/s1. The van der Waals surface area contributed by atoms with E-state index in [0.29, 0.717) is 35.7 Å². The third kappa shape index (κ3) is 10.4. The van der Waals surface area contributed by atoms with E-state index < -0.39 is 24.2 Å². The van der Waals surface area contributed by atoms with Gasteiger partial charge < -0.3 is 35.4 Å². The molecular weight excluding hydrogens is 695 g/mol. The molecule has 4 rings (SSSR count). The Hall–Kier alpha value is -3.22. The Labute approximate surface area is 331 Å². The molecule has 1 heterocycles. The minimum Gasteiger partial charge on any atom is -0.493 e. The molecule has 2 aromatic carbocycles. The Morgan fingerprint density at radius 3 is 2.35 bits per heavy atom. The van der Waals surface area contributed by atoms with Crippen LogP contribution in [0.5, 0.6) is 5.75 Å². The molecule has 1 aliphatic carbocycles. The van der Waals surface area contributed by atoms with Gasteiger partial charge in [0.2, 0.25) is 5.91 Å². The number of carbonyl (C=O) groups is 2. The fraction of sp³-hybridized carbons (Fsp3) is 0.682. The van der Waals surface area contributed by atoms with Gasteiger partial charge in [0.1, 0.15) is 17.9 Å². The number of nitrogens with one attached hydrogen (secondary N) is 2. The lowest BCUT2D eigenvalue weighted by atomic mass is 9.58. The average Bonchev–Trinajstić information content (AvgIpc) is 3.48. The second-order valence-corrected chi connectivity index (χ2v) is 17.8. The van der Waals surface area contributed by atoms with Crippen LogP contribution in [-0.2, 0) is 16.2 Å². The van der Waals surface area contributed by atoms with E-state index >= 15 is 0 Å². The molecular formula is C44H71N5O6. The maximum absolute atomic E-state index is 14.4. The van der Waals surface area contributed by atoms with Crippen LogP contribution >= 0.6 is 0 Å². The Kier molecular flexibility index (Phi) is 15.2. The number of nitrogens with zero attached hydrogens (tertiary/aromatic N) is 3. The minimum absolute atomic E-state index is 0.00457. The van der Waals surface area contributed by atoms with Crippen molar-refractivity contribution in [1.29, 1.82) is 0 Å². The van der Waals surface area contributed by atoms with E-state index in [1.807, 2.05) is 76.4 Å². The van der Waals surface area contributed by atoms with E-state index in [4.69, 9.17) is 9.57 Å². The largest absolute Gasteiger partial charge is 0.493 e. The molecule has 55 heavy (non-hydrogen) atoms. The van der Waals surface area contributed by atoms with E-state index in [1.165, 1.54) is 0 Å². The molecule has 0 radical (unpaired) electrons. The van der Waals surface area contributed by atoms with E-state index in [-0.39, 0.29) is 48.4 Å². The number of likely N-dealkylation sites (N-methyl/N-ethyl adjacent to an activating group) is 1. The number of hydrogen-bond donors (Lipinski definition) is 4. The third-order valence-electron chi connectivity index (χ3n) is 12.6. The van der Waals surface area contributed by atoms with Gasteiger partial charge in [0, 0.05) is 61.0 Å². The molecule has 0 unspecified atom stereocenters. The number of anilines is 1. The lowest BCUT2D eigenvalue weighted by Crippen LogP contribution is -2.56. The molecule has 2 aromatic rings. The zero-order valence-electron chi connectivity index (χ0n) is 35.8. The summed E-state index contributed by atoms with van der Waals surface area (Å²) in [6.07, 6.45) is 0.0470. The predicted molar refractivity (Wildman–Crippen MR) is 221 cm³/mol. The van der Waals surface area contributed by atoms with Crippen LogP contribution in [0.25, 0.3) is 11.1 Å². The van der Waals surface area contributed by atoms with Crippen LogP contribution in [0.4, 0.5) is 5.69 Å². The topological polar surface area (TPSA) is 127 Å². The highest BCUT2D eigenvalue weighted by Crippen LogP contribution is 2.48. The van der Waals surface area contributed by atoms with Crippen molar-refractivity contribution in [3.05, 3.63) is 47.5 Å². The zero-order valence-corrected chi connectivity index (χ0v) is 35.8. The molecule has 11 nitrogen and oxygen atoms in total. The van der Waals surface area contributed by atoms with E-state index in [2.05, 4.69) is 64.0 Å². The summed E-state index contributed by atoms with van der Waals surface area (Å²) in [4.78, 5) is 38.7. The summed E-state index contributed by atoms with van der Waals surface area (Å²) in [6, 6.07) is 10.9. The third-order valence-corrected chi connectivity index (χ3v) is 12.6. The van der Waals surface area contributed by atoms with Crippen molar-refractivity contribution in [3.63, 3.8) is 0 Å². The van der Waals surface area contributed by atoms with Crippen molar-refractivity contribution in [1.82, 2.24) is 20.6 Å². The molecule has 2 amide bonds. The molecule has 2 fully saturated rings. The highest BCUT2D eigenvalue weighted by molar-refractivity contribution is 5.97. The molecule has 1 saturated carbocycles. The van der Waals surface area contributed by atoms with Crippen LogP contribution in [0.3, 0.4) is 0 Å². The second-order valence-electron chi connectivity index (χ2n) is 17.8. The number of hydroxylamine groups is 2. The average molecular weight is 766 g/mol. The lowest BCUT2D eigenvalue weighted by molar-refractivity contribution is -0.182. The first-order chi connectivity index (χ1) is 25.8. The van der Waals surface area contributed by atoms with Crippen molar-refractivity contribution in [2.45, 2.75) is 112 Å². The Morgan fingerprint density at radius 2 is 1.76 bits per heavy atom. The van der Waals surface area contributed by atoms with Gasteiger partial charge in [-0.1, -0.05) is 66.7 Å². The second kappa shape index (κ2) is 18.8. The molecule has 4 N–H and O–H groups in total. The van der Waals surface area contributed by atoms with Gasteiger partial charge in [0.25, 0.3) is 5.91 Å².